The maximum absolute atomic E-state index is 11.7. The molecule has 0 saturated heterocycles. The summed E-state index contributed by atoms with van der Waals surface area (Å²) in [6, 6.07) is 1.33. The molecule has 1 aromatic heterocycles. The van der Waals surface area contributed by atoms with Crippen molar-refractivity contribution in [1.29, 1.82) is 0 Å². The molecule has 2 rings (SSSR count). The van der Waals surface area contributed by atoms with Crippen LogP contribution in [0.2, 0.25) is 0 Å². The first kappa shape index (κ1) is 9.96. The Bertz CT molecular complexity index is 439. The Hall–Kier alpha value is -1.58. The molecule has 4 nitrogen and oxygen atoms in total. The molecule has 0 spiro atoms. The van der Waals surface area contributed by atoms with E-state index in [-0.39, 0.29) is 17.0 Å². The average Bonchev–Trinajstić information content (AvgIpc) is 2.45. The van der Waals surface area contributed by atoms with Gasteiger partial charge < -0.3 is 9.52 Å². The third-order valence-corrected chi connectivity index (χ3v) is 2.60. The lowest BCUT2D eigenvalue weighted by molar-refractivity contribution is 0.0657. The van der Waals surface area contributed by atoms with Crippen LogP contribution in [-0.4, -0.2) is 16.9 Å². The molecule has 0 fully saturated rings. The first-order valence-electron chi connectivity index (χ1n) is 4.78. The molecule has 0 bridgehead atoms. The van der Waals surface area contributed by atoms with Crippen LogP contribution in [0.5, 0.6) is 0 Å². The predicted octanol–water partition coefficient (Wildman–Crippen LogP) is 2.13. The largest absolute Gasteiger partial charge is 0.475 e. The minimum atomic E-state index is -1.13. The van der Waals surface area contributed by atoms with E-state index in [1.807, 2.05) is 13.8 Å². The summed E-state index contributed by atoms with van der Waals surface area (Å²) in [5.41, 5.74) is 0.296. The van der Waals surface area contributed by atoms with Crippen LogP contribution in [0.3, 0.4) is 0 Å². The number of rotatable bonds is 1. The molecule has 4 heteroatoms. The number of hydrogen-bond acceptors (Lipinski definition) is 3. The highest BCUT2D eigenvalue weighted by atomic mass is 16.4. The van der Waals surface area contributed by atoms with Crippen molar-refractivity contribution in [3.63, 3.8) is 0 Å². The van der Waals surface area contributed by atoms with Gasteiger partial charge in [0.2, 0.25) is 5.76 Å². The van der Waals surface area contributed by atoms with Gasteiger partial charge in [-0.05, 0) is 5.41 Å². The lowest BCUT2D eigenvalue weighted by atomic mass is 9.77. The molecule has 0 aromatic carbocycles. The number of carbonyl (C=O) groups is 2. The van der Waals surface area contributed by atoms with E-state index in [1.165, 1.54) is 6.07 Å². The van der Waals surface area contributed by atoms with Crippen LogP contribution in [-0.2, 0) is 6.42 Å². The second-order valence-electron chi connectivity index (χ2n) is 4.69. The fourth-order valence-electron chi connectivity index (χ4n) is 1.93. The zero-order valence-electron chi connectivity index (χ0n) is 8.66. The third-order valence-electron chi connectivity index (χ3n) is 2.60. The molecule has 1 aliphatic rings. The standard InChI is InChI=1S/C11H12O4/c1-11(2)4-7(12)6-3-8(10(13)14)15-9(6)5-11/h3H,4-5H2,1-2H3,(H,13,14). The van der Waals surface area contributed by atoms with Crippen LogP contribution in [0.1, 0.15) is 46.9 Å². The van der Waals surface area contributed by atoms with E-state index in [1.54, 1.807) is 0 Å². The van der Waals surface area contributed by atoms with Crippen LogP contribution in [0, 0.1) is 5.41 Å². The summed E-state index contributed by atoms with van der Waals surface area (Å²) in [5, 5.41) is 8.75. The molecule has 0 amide bonds. The second-order valence-corrected chi connectivity index (χ2v) is 4.69. The maximum atomic E-state index is 11.7. The fourth-order valence-corrected chi connectivity index (χ4v) is 1.93. The van der Waals surface area contributed by atoms with Crippen molar-refractivity contribution in [3.05, 3.63) is 23.2 Å². The van der Waals surface area contributed by atoms with Crippen LogP contribution in [0.4, 0.5) is 0 Å². The van der Waals surface area contributed by atoms with Gasteiger partial charge in [0.25, 0.3) is 0 Å². The van der Waals surface area contributed by atoms with Gasteiger partial charge in [-0.2, -0.15) is 0 Å². The Morgan fingerprint density at radius 3 is 2.73 bits per heavy atom. The zero-order valence-corrected chi connectivity index (χ0v) is 8.66. The first-order valence-corrected chi connectivity index (χ1v) is 4.78. The van der Waals surface area contributed by atoms with Gasteiger partial charge in [-0.15, -0.1) is 0 Å². The van der Waals surface area contributed by atoms with Crippen LogP contribution >= 0.6 is 0 Å². The van der Waals surface area contributed by atoms with Gasteiger partial charge in [0.1, 0.15) is 5.76 Å². The smallest absolute Gasteiger partial charge is 0.371 e. The molecule has 15 heavy (non-hydrogen) atoms. The van der Waals surface area contributed by atoms with E-state index in [0.717, 1.165) is 0 Å². The van der Waals surface area contributed by atoms with Gasteiger partial charge in [0.15, 0.2) is 5.78 Å². The summed E-state index contributed by atoms with van der Waals surface area (Å²) >= 11 is 0. The zero-order chi connectivity index (χ0) is 11.2. The van der Waals surface area contributed by atoms with Crippen molar-refractivity contribution in [2.45, 2.75) is 26.7 Å². The minimum Gasteiger partial charge on any atom is -0.475 e. The van der Waals surface area contributed by atoms with Crippen LogP contribution < -0.4 is 0 Å². The minimum absolute atomic E-state index is 0.0301. The van der Waals surface area contributed by atoms with E-state index in [4.69, 9.17) is 9.52 Å². The summed E-state index contributed by atoms with van der Waals surface area (Å²) in [6.45, 7) is 3.94. The molecular weight excluding hydrogens is 196 g/mol. The lowest BCUT2D eigenvalue weighted by Gasteiger charge is -2.26. The average molecular weight is 208 g/mol. The molecular formula is C11H12O4. The quantitative estimate of drug-likeness (QED) is 0.767. The summed E-state index contributed by atoms with van der Waals surface area (Å²) in [4.78, 5) is 22.4. The lowest BCUT2D eigenvalue weighted by Crippen LogP contribution is -2.25. The van der Waals surface area contributed by atoms with Crippen molar-refractivity contribution < 1.29 is 19.1 Å². The first-order chi connectivity index (χ1) is 6.89. The number of fused-ring (bicyclic) bond motifs is 1. The van der Waals surface area contributed by atoms with E-state index < -0.39 is 5.97 Å². The number of Topliss-reactive ketones (excluding diaryl/α,β-unsaturated/α-hetero) is 1. The number of carbonyl (C=O) groups excluding carboxylic acids is 1. The van der Waals surface area contributed by atoms with Gasteiger partial charge >= 0.3 is 5.97 Å². The monoisotopic (exact) mass is 208 g/mol. The molecule has 0 aliphatic heterocycles. The third kappa shape index (κ3) is 1.67. The van der Waals surface area contributed by atoms with Gasteiger partial charge in [0.05, 0.1) is 5.56 Å². The summed E-state index contributed by atoms with van der Waals surface area (Å²) in [5.74, 6) is -0.799. The molecule has 1 N–H and O–H groups in total. The van der Waals surface area contributed by atoms with Crippen molar-refractivity contribution in [2.75, 3.05) is 0 Å². The molecule has 80 valence electrons. The van der Waals surface area contributed by atoms with Gasteiger partial charge in [-0.25, -0.2) is 4.79 Å². The van der Waals surface area contributed by atoms with Crippen molar-refractivity contribution in [3.8, 4) is 0 Å². The Kier molecular flexibility index (Phi) is 1.96. The Morgan fingerprint density at radius 2 is 2.13 bits per heavy atom. The summed E-state index contributed by atoms with van der Waals surface area (Å²) < 4.78 is 5.15. The highest BCUT2D eigenvalue weighted by Gasteiger charge is 2.34. The number of hydrogen-bond donors (Lipinski definition) is 1. The predicted molar refractivity (Wildman–Crippen MR) is 52.1 cm³/mol. The van der Waals surface area contributed by atoms with E-state index >= 15 is 0 Å². The summed E-state index contributed by atoms with van der Waals surface area (Å²) in [7, 11) is 0. The second kappa shape index (κ2) is 2.95. The number of carboxylic acid groups (broad SMARTS) is 1. The van der Waals surface area contributed by atoms with E-state index in [9.17, 15) is 9.59 Å². The highest BCUT2D eigenvalue weighted by molar-refractivity contribution is 6.00. The van der Waals surface area contributed by atoms with Crippen molar-refractivity contribution in [1.82, 2.24) is 0 Å². The van der Waals surface area contributed by atoms with Crippen molar-refractivity contribution >= 4 is 11.8 Å². The van der Waals surface area contributed by atoms with Crippen molar-refractivity contribution in [2.24, 2.45) is 5.41 Å². The SMILES string of the molecule is CC1(C)CC(=O)c2cc(C(=O)O)oc2C1. The number of carboxylic acids is 1. The topological polar surface area (TPSA) is 67.5 Å². The Balaban J connectivity index is 2.47. The number of ketones is 1. The Morgan fingerprint density at radius 1 is 1.47 bits per heavy atom. The van der Waals surface area contributed by atoms with E-state index in [2.05, 4.69) is 0 Å². The van der Waals surface area contributed by atoms with E-state index in [0.29, 0.717) is 24.2 Å². The molecule has 1 aromatic rings. The molecule has 0 unspecified atom stereocenters. The normalized spacial score (nSPS) is 18.7. The summed E-state index contributed by atoms with van der Waals surface area (Å²) in [6.07, 6.45) is 1.06. The number of furan rings is 1. The van der Waals surface area contributed by atoms with Crippen LogP contribution in [0.15, 0.2) is 10.5 Å². The van der Waals surface area contributed by atoms with Gasteiger partial charge in [0, 0.05) is 18.9 Å². The molecule has 0 saturated carbocycles. The molecule has 0 atom stereocenters. The number of aromatic carboxylic acids is 1. The highest BCUT2D eigenvalue weighted by Crippen LogP contribution is 2.36. The molecule has 0 radical (unpaired) electrons. The fraction of sp³-hybridized carbons (Fsp3) is 0.455. The maximum Gasteiger partial charge on any atom is 0.371 e. The molecule has 1 heterocycles. The Labute approximate surface area is 86.9 Å². The van der Waals surface area contributed by atoms with Gasteiger partial charge in [-0.1, -0.05) is 13.8 Å². The van der Waals surface area contributed by atoms with Gasteiger partial charge in [-0.3, -0.25) is 4.79 Å². The van der Waals surface area contributed by atoms with Crippen LogP contribution in [0.25, 0.3) is 0 Å². The molecule has 1 aliphatic carbocycles.